The van der Waals surface area contributed by atoms with Crippen LogP contribution in [0.3, 0.4) is 0 Å². The van der Waals surface area contributed by atoms with Gasteiger partial charge in [0.05, 0.1) is 17.2 Å². The Morgan fingerprint density at radius 2 is 1.49 bits per heavy atom. The summed E-state index contributed by atoms with van der Waals surface area (Å²) in [6.07, 6.45) is 7.56. The number of pyridine rings is 3. The Hall–Kier alpha value is -4.57. The summed E-state index contributed by atoms with van der Waals surface area (Å²) < 4.78 is 2.17. The highest BCUT2D eigenvalue weighted by atomic mass is 15.1. The van der Waals surface area contributed by atoms with E-state index in [1.54, 1.807) is 6.20 Å². The predicted octanol–water partition coefficient (Wildman–Crippen LogP) is 6.73. The normalized spacial score (nSPS) is 13.5. The van der Waals surface area contributed by atoms with Crippen molar-refractivity contribution in [1.82, 2.24) is 19.4 Å². The number of benzene rings is 3. The van der Waals surface area contributed by atoms with Gasteiger partial charge in [-0.15, -0.1) is 0 Å². The summed E-state index contributed by atoms with van der Waals surface area (Å²) in [6.45, 7) is 0. The molecule has 0 saturated heterocycles. The van der Waals surface area contributed by atoms with E-state index >= 15 is 0 Å². The molecule has 0 radical (unpaired) electrons. The Balaban J connectivity index is 1.38. The van der Waals surface area contributed by atoms with E-state index in [2.05, 4.69) is 64.0 Å². The van der Waals surface area contributed by atoms with E-state index < -0.39 is 0 Å². The third-order valence-corrected chi connectivity index (χ3v) is 7.99. The molecule has 7 aromatic rings. The van der Waals surface area contributed by atoms with Crippen LogP contribution in [0, 0.1) is 0 Å². The number of rotatable bonds is 0. The molecule has 4 heterocycles. The molecule has 0 atom stereocenters. The maximum absolute atomic E-state index is 5.04. The lowest BCUT2D eigenvalue weighted by molar-refractivity contribution is 1.16. The number of nitrogens with zero attached hydrogens (tertiary/aromatic N) is 4. The molecule has 4 aromatic heterocycles. The van der Waals surface area contributed by atoms with E-state index in [0.717, 1.165) is 45.9 Å². The summed E-state index contributed by atoms with van der Waals surface area (Å²) in [6, 6.07) is 24.4. The maximum atomic E-state index is 5.04. The van der Waals surface area contributed by atoms with Crippen molar-refractivity contribution in [2.75, 3.05) is 0 Å². The largest absolute Gasteiger partial charge is 0.274 e. The van der Waals surface area contributed by atoms with Gasteiger partial charge in [-0.1, -0.05) is 36.4 Å². The number of hydrogen-bond donors (Lipinski definition) is 0. The second kappa shape index (κ2) is 6.10. The molecule has 0 unspecified atom stereocenters. The summed E-state index contributed by atoms with van der Waals surface area (Å²) in [5.74, 6) is 0. The number of aromatic nitrogens is 4. The lowest BCUT2D eigenvalue weighted by atomic mass is 9.96. The molecule has 0 saturated carbocycles. The molecule has 2 aliphatic rings. The highest BCUT2D eigenvalue weighted by Gasteiger charge is 2.28. The van der Waals surface area contributed by atoms with Crippen LogP contribution in [0.25, 0.3) is 60.7 Å². The Kier molecular flexibility index (Phi) is 3.11. The maximum Gasteiger partial charge on any atom is 0.147 e. The SMILES string of the molecule is c1ccc2c(c1)Cc1c-2ccc2c1Cc1cc3c4cccnc4n4c5cnccc5nc4c3cc1-2. The third kappa shape index (κ3) is 2.15. The van der Waals surface area contributed by atoms with Crippen LogP contribution in [-0.2, 0) is 12.8 Å². The van der Waals surface area contributed by atoms with Gasteiger partial charge in [-0.25, -0.2) is 9.97 Å². The van der Waals surface area contributed by atoms with Gasteiger partial charge in [0.1, 0.15) is 11.3 Å². The van der Waals surface area contributed by atoms with Crippen molar-refractivity contribution in [3.05, 3.63) is 108 Å². The molecule has 0 aliphatic heterocycles. The van der Waals surface area contributed by atoms with E-state index in [0.29, 0.717) is 0 Å². The minimum atomic E-state index is 0.928. The second-order valence-corrected chi connectivity index (χ2v) is 9.69. The summed E-state index contributed by atoms with van der Waals surface area (Å²) >= 11 is 0. The van der Waals surface area contributed by atoms with E-state index in [-0.39, 0.29) is 0 Å². The standard InChI is InChI=1S/C31H18N4/c1-2-5-19-17(4-1)12-24-20(19)7-8-21-23-15-27-26(14-18(23)13-25(21)24)22-6-3-10-33-30(22)35-29-16-32-11-9-28(29)34-31(27)35/h1-11,14-16H,12-13H2. The van der Waals surface area contributed by atoms with E-state index in [9.17, 15) is 0 Å². The first-order valence-corrected chi connectivity index (χ1v) is 12.0. The fourth-order valence-electron chi connectivity index (χ4n) is 6.47. The van der Waals surface area contributed by atoms with Gasteiger partial charge in [0.15, 0.2) is 0 Å². The van der Waals surface area contributed by atoms with Crippen LogP contribution in [0.2, 0.25) is 0 Å². The average Bonchev–Trinajstić information content (AvgIpc) is 3.59. The van der Waals surface area contributed by atoms with Crippen LogP contribution >= 0.6 is 0 Å². The van der Waals surface area contributed by atoms with Crippen LogP contribution in [0.15, 0.2) is 85.3 Å². The highest BCUT2D eigenvalue weighted by molar-refractivity contribution is 6.14. The first kappa shape index (κ1) is 17.8. The third-order valence-electron chi connectivity index (χ3n) is 7.99. The topological polar surface area (TPSA) is 43.1 Å². The van der Waals surface area contributed by atoms with Gasteiger partial charge in [-0.05, 0) is 93.1 Å². The zero-order valence-corrected chi connectivity index (χ0v) is 18.8. The van der Waals surface area contributed by atoms with Crippen LogP contribution in [0.4, 0.5) is 0 Å². The molecular weight excluding hydrogens is 428 g/mol. The molecule has 0 amide bonds. The molecule has 4 nitrogen and oxygen atoms in total. The Labute approximate surface area is 200 Å². The monoisotopic (exact) mass is 446 g/mol. The fourth-order valence-corrected chi connectivity index (χ4v) is 6.47. The molecule has 4 heteroatoms. The van der Waals surface area contributed by atoms with Gasteiger partial charge in [-0.3, -0.25) is 9.38 Å². The number of imidazole rings is 1. The van der Waals surface area contributed by atoms with Gasteiger partial charge >= 0.3 is 0 Å². The van der Waals surface area contributed by atoms with E-state index in [1.807, 2.05) is 24.5 Å². The molecule has 3 aromatic carbocycles. The molecule has 9 rings (SSSR count). The van der Waals surface area contributed by atoms with Crippen LogP contribution in [0.1, 0.15) is 22.3 Å². The zero-order chi connectivity index (χ0) is 22.7. The second-order valence-electron chi connectivity index (χ2n) is 9.69. The lowest BCUT2D eigenvalue weighted by Gasteiger charge is -2.11. The van der Waals surface area contributed by atoms with Crippen LogP contribution in [0.5, 0.6) is 0 Å². The molecular formula is C31H18N4. The van der Waals surface area contributed by atoms with Crippen LogP contribution in [-0.4, -0.2) is 19.4 Å². The number of hydrogen-bond acceptors (Lipinski definition) is 3. The summed E-state index contributed by atoms with van der Waals surface area (Å²) in [7, 11) is 0. The number of fused-ring (bicyclic) bond motifs is 15. The first-order chi connectivity index (χ1) is 17.3. The van der Waals surface area contributed by atoms with Crippen molar-refractivity contribution in [3.63, 3.8) is 0 Å². The lowest BCUT2D eigenvalue weighted by Crippen LogP contribution is -1.95. The van der Waals surface area contributed by atoms with E-state index in [1.165, 1.54) is 49.9 Å². The van der Waals surface area contributed by atoms with E-state index in [4.69, 9.17) is 9.97 Å². The molecule has 35 heavy (non-hydrogen) atoms. The fraction of sp³-hybridized carbons (Fsp3) is 0.0645. The van der Waals surface area contributed by atoms with Gasteiger partial charge in [0.2, 0.25) is 0 Å². The molecule has 0 bridgehead atoms. The molecule has 0 N–H and O–H groups in total. The van der Waals surface area contributed by atoms with Crippen molar-refractivity contribution >= 4 is 38.5 Å². The quantitative estimate of drug-likeness (QED) is 0.243. The van der Waals surface area contributed by atoms with Crippen molar-refractivity contribution in [3.8, 4) is 22.3 Å². The van der Waals surface area contributed by atoms with Gasteiger partial charge in [0, 0.05) is 23.2 Å². The summed E-state index contributed by atoms with van der Waals surface area (Å²) in [4.78, 5) is 14.2. The Morgan fingerprint density at radius 3 is 2.43 bits per heavy atom. The minimum Gasteiger partial charge on any atom is -0.274 e. The van der Waals surface area contributed by atoms with Gasteiger partial charge < -0.3 is 0 Å². The van der Waals surface area contributed by atoms with Crippen molar-refractivity contribution in [2.45, 2.75) is 12.8 Å². The van der Waals surface area contributed by atoms with Gasteiger partial charge in [0.25, 0.3) is 0 Å². The Bertz CT molecular complexity index is 2070. The molecule has 0 fully saturated rings. The Morgan fingerprint density at radius 1 is 0.629 bits per heavy atom. The van der Waals surface area contributed by atoms with Gasteiger partial charge in [-0.2, -0.15) is 0 Å². The summed E-state index contributed by atoms with van der Waals surface area (Å²) in [5.41, 5.74) is 15.1. The van der Waals surface area contributed by atoms with Crippen LogP contribution < -0.4 is 0 Å². The zero-order valence-electron chi connectivity index (χ0n) is 18.8. The average molecular weight is 447 g/mol. The first-order valence-electron chi connectivity index (χ1n) is 12.0. The van der Waals surface area contributed by atoms with Crippen molar-refractivity contribution < 1.29 is 0 Å². The highest BCUT2D eigenvalue weighted by Crippen LogP contribution is 2.48. The molecule has 0 spiro atoms. The molecule has 2 aliphatic carbocycles. The van der Waals surface area contributed by atoms with Crippen molar-refractivity contribution in [1.29, 1.82) is 0 Å². The van der Waals surface area contributed by atoms with Crippen molar-refractivity contribution in [2.24, 2.45) is 0 Å². The molecule has 162 valence electrons. The minimum absolute atomic E-state index is 0.928. The summed E-state index contributed by atoms with van der Waals surface area (Å²) in [5, 5.41) is 3.53. The predicted molar refractivity (Wildman–Crippen MR) is 140 cm³/mol. The smallest absolute Gasteiger partial charge is 0.147 e.